The monoisotopic (exact) mass is 458 g/mol. The number of halogens is 1. The summed E-state index contributed by atoms with van der Waals surface area (Å²) >= 11 is 5.66. The molecule has 12 heteroatoms. The molecule has 0 bridgehead atoms. The zero-order valence-electron chi connectivity index (χ0n) is 16.4. The predicted octanol–water partition coefficient (Wildman–Crippen LogP) is 1.11. The molecule has 31 heavy (non-hydrogen) atoms. The lowest BCUT2D eigenvalue weighted by Gasteiger charge is -2.32. The Morgan fingerprint density at radius 2 is 2.16 bits per heavy atom. The van der Waals surface area contributed by atoms with Gasteiger partial charge in [0.15, 0.2) is 11.5 Å². The van der Waals surface area contributed by atoms with E-state index in [9.17, 15) is 9.35 Å². The van der Waals surface area contributed by atoms with Gasteiger partial charge >= 0.3 is 0 Å². The molecule has 0 atom stereocenters. The summed E-state index contributed by atoms with van der Waals surface area (Å²) in [5.74, 6) is 1.79. The highest BCUT2D eigenvalue weighted by Crippen LogP contribution is 2.30. The van der Waals surface area contributed by atoms with Crippen molar-refractivity contribution in [1.29, 1.82) is 0 Å². The Hall–Kier alpha value is -3.02. The lowest BCUT2D eigenvalue weighted by atomic mass is 10.2. The number of nitrogen functional groups attached to an aromatic ring is 1. The van der Waals surface area contributed by atoms with Crippen LogP contribution in [-0.4, -0.2) is 59.0 Å². The van der Waals surface area contributed by atoms with E-state index in [1.165, 1.54) is 4.52 Å². The molecule has 0 unspecified atom stereocenters. The molecule has 1 amide bonds. The first-order valence-electron chi connectivity index (χ1n) is 9.63. The minimum atomic E-state index is -0.810. The van der Waals surface area contributed by atoms with Crippen molar-refractivity contribution in [2.45, 2.75) is 6.54 Å². The number of nitrogens with one attached hydrogen (secondary N) is 1. The van der Waals surface area contributed by atoms with Gasteiger partial charge in [-0.05, 0) is 12.1 Å². The summed E-state index contributed by atoms with van der Waals surface area (Å²) in [4.78, 5) is 23.5. The normalized spacial score (nSPS) is 15.1. The van der Waals surface area contributed by atoms with Crippen LogP contribution in [-0.2, 0) is 17.7 Å². The standard InChI is InChI=1S/C19H19ClN8O2S/c20-13-8-12(9-24-18(29)15-16(21)25-28-3-1-2-23-17(15)28)19(27-11-22-10-14(13)27)26-4-6-31(30)7-5-26/h1-3,8,10-11H,4-7,9H2,(H2,21,25)(H,24,29). The van der Waals surface area contributed by atoms with Crippen LogP contribution in [0.1, 0.15) is 15.9 Å². The summed E-state index contributed by atoms with van der Waals surface area (Å²) in [6, 6.07) is 3.54. The van der Waals surface area contributed by atoms with Crippen molar-refractivity contribution < 1.29 is 9.35 Å². The predicted molar refractivity (Wildman–Crippen MR) is 119 cm³/mol. The van der Waals surface area contributed by atoms with Crippen molar-refractivity contribution in [2.75, 3.05) is 35.2 Å². The number of hydrogen-bond donors (Lipinski definition) is 2. The summed E-state index contributed by atoms with van der Waals surface area (Å²) in [6.07, 6.45) is 6.65. The van der Waals surface area contributed by atoms with Crippen LogP contribution < -0.4 is 16.0 Å². The maximum absolute atomic E-state index is 13.0. The van der Waals surface area contributed by atoms with Crippen molar-refractivity contribution in [3.63, 3.8) is 0 Å². The zero-order chi connectivity index (χ0) is 21.5. The maximum atomic E-state index is 13.0. The number of nitrogens with zero attached hydrogens (tertiary/aromatic N) is 6. The Kier molecular flexibility index (Phi) is 5.08. The number of rotatable bonds is 4. The molecule has 3 N–H and O–H groups in total. The van der Waals surface area contributed by atoms with Gasteiger partial charge in [0.05, 0.1) is 29.8 Å². The van der Waals surface area contributed by atoms with E-state index in [4.69, 9.17) is 17.3 Å². The first-order chi connectivity index (χ1) is 15.0. The van der Waals surface area contributed by atoms with E-state index in [2.05, 4.69) is 25.3 Å². The van der Waals surface area contributed by atoms with Gasteiger partial charge in [0.2, 0.25) is 0 Å². The second-order valence-corrected chi connectivity index (χ2v) is 9.26. The van der Waals surface area contributed by atoms with Gasteiger partial charge < -0.3 is 20.5 Å². The SMILES string of the molecule is Nc1nn2cccnc2c1C(=O)NCc1cc(Cl)c2cncn2c1N1CC[S+]([O-])CC1. The lowest BCUT2D eigenvalue weighted by Crippen LogP contribution is -2.42. The average Bonchev–Trinajstić information content (AvgIpc) is 3.37. The highest BCUT2D eigenvalue weighted by atomic mass is 35.5. The quantitative estimate of drug-likeness (QED) is 0.438. The number of pyridine rings is 1. The van der Waals surface area contributed by atoms with Gasteiger partial charge in [-0.1, -0.05) is 22.8 Å². The Balaban J connectivity index is 1.48. The topological polar surface area (TPSA) is 129 Å². The maximum Gasteiger partial charge on any atom is 0.259 e. The molecule has 1 fully saturated rings. The molecule has 5 heterocycles. The molecule has 5 rings (SSSR count). The van der Waals surface area contributed by atoms with E-state index >= 15 is 0 Å². The second kappa shape index (κ2) is 7.91. The summed E-state index contributed by atoms with van der Waals surface area (Å²) in [5, 5.41) is 7.58. The molecule has 0 aromatic carbocycles. The van der Waals surface area contributed by atoms with Gasteiger partial charge in [-0.25, -0.2) is 14.5 Å². The van der Waals surface area contributed by atoms with E-state index in [0.29, 0.717) is 35.3 Å². The molecule has 4 aromatic rings. The van der Waals surface area contributed by atoms with Crippen LogP contribution in [0.25, 0.3) is 11.2 Å². The molecule has 4 aromatic heterocycles. The average molecular weight is 459 g/mol. The van der Waals surface area contributed by atoms with Crippen molar-refractivity contribution in [1.82, 2.24) is 29.3 Å². The molecule has 0 saturated carbocycles. The summed E-state index contributed by atoms with van der Waals surface area (Å²) < 4.78 is 15.2. The highest BCUT2D eigenvalue weighted by molar-refractivity contribution is 7.91. The molecule has 0 aliphatic carbocycles. The number of fused-ring (bicyclic) bond motifs is 2. The molecule has 1 saturated heterocycles. The Bertz CT molecular complexity index is 1280. The molecule has 160 valence electrons. The van der Waals surface area contributed by atoms with E-state index in [1.54, 1.807) is 31.0 Å². The third-order valence-electron chi connectivity index (χ3n) is 5.27. The van der Waals surface area contributed by atoms with Crippen LogP contribution in [0.3, 0.4) is 0 Å². The van der Waals surface area contributed by atoms with Crippen LogP contribution in [0, 0.1) is 0 Å². The summed E-state index contributed by atoms with van der Waals surface area (Å²) in [6.45, 7) is 1.51. The van der Waals surface area contributed by atoms with Crippen LogP contribution in [0.4, 0.5) is 11.6 Å². The fourth-order valence-corrected chi connectivity index (χ4v) is 5.13. The first-order valence-corrected chi connectivity index (χ1v) is 11.5. The minimum absolute atomic E-state index is 0.109. The van der Waals surface area contributed by atoms with E-state index in [0.717, 1.165) is 16.9 Å². The van der Waals surface area contributed by atoms with Crippen LogP contribution >= 0.6 is 11.6 Å². The van der Waals surface area contributed by atoms with Crippen molar-refractivity contribution >= 4 is 51.5 Å². The van der Waals surface area contributed by atoms with Crippen LogP contribution in [0.2, 0.25) is 5.02 Å². The summed E-state index contributed by atoms with van der Waals surface area (Å²) in [7, 11) is 0. The van der Waals surface area contributed by atoms with Crippen molar-refractivity contribution in [2.24, 2.45) is 0 Å². The van der Waals surface area contributed by atoms with Gasteiger partial charge in [0.1, 0.15) is 29.2 Å². The number of aromatic nitrogens is 5. The van der Waals surface area contributed by atoms with Gasteiger partial charge in [-0.3, -0.25) is 9.20 Å². The molecule has 0 radical (unpaired) electrons. The molecular weight excluding hydrogens is 440 g/mol. The van der Waals surface area contributed by atoms with E-state index in [-0.39, 0.29) is 23.8 Å². The first kappa shape index (κ1) is 19.9. The number of imidazole rings is 1. The van der Waals surface area contributed by atoms with Crippen molar-refractivity contribution in [3.8, 4) is 0 Å². The zero-order valence-corrected chi connectivity index (χ0v) is 17.9. The minimum Gasteiger partial charge on any atom is -0.616 e. The molecule has 1 aliphatic heterocycles. The number of carbonyl (C=O) groups excluding carboxylic acids is 1. The van der Waals surface area contributed by atoms with Gasteiger partial charge in [0.25, 0.3) is 5.91 Å². The number of anilines is 2. The fourth-order valence-electron chi connectivity index (χ4n) is 3.81. The number of amides is 1. The second-order valence-electron chi connectivity index (χ2n) is 7.16. The van der Waals surface area contributed by atoms with Crippen LogP contribution in [0.5, 0.6) is 0 Å². The molecule has 0 spiro atoms. The number of carbonyl (C=O) groups is 1. The Morgan fingerprint density at radius 3 is 2.97 bits per heavy atom. The third kappa shape index (κ3) is 3.54. The number of nitrogens with two attached hydrogens (primary N) is 1. The summed E-state index contributed by atoms with van der Waals surface area (Å²) in [5.41, 5.74) is 8.17. The van der Waals surface area contributed by atoms with Gasteiger partial charge in [-0.2, -0.15) is 0 Å². The Morgan fingerprint density at radius 1 is 1.35 bits per heavy atom. The molecule has 1 aliphatic rings. The fraction of sp³-hybridized carbons (Fsp3) is 0.263. The largest absolute Gasteiger partial charge is 0.616 e. The van der Waals surface area contributed by atoms with Gasteiger partial charge in [0, 0.05) is 24.5 Å². The van der Waals surface area contributed by atoms with Crippen LogP contribution in [0.15, 0.2) is 37.1 Å². The molecule has 10 nitrogen and oxygen atoms in total. The lowest BCUT2D eigenvalue weighted by molar-refractivity contribution is 0.0953. The van der Waals surface area contributed by atoms with E-state index in [1.807, 2.05) is 10.5 Å². The molecular formula is C19H19ClN8O2S. The smallest absolute Gasteiger partial charge is 0.259 e. The third-order valence-corrected chi connectivity index (χ3v) is 6.84. The van der Waals surface area contributed by atoms with Crippen molar-refractivity contribution in [3.05, 3.63) is 53.2 Å². The highest BCUT2D eigenvalue weighted by Gasteiger charge is 2.25. The van der Waals surface area contributed by atoms with E-state index < -0.39 is 11.2 Å². The Labute approximate surface area is 185 Å². The van der Waals surface area contributed by atoms with Gasteiger partial charge in [-0.15, -0.1) is 5.10 Å². The number of hydrogen-bond acceptors (Lipinski definition) is 7.